The van der Waals surface area contributed by atoms with Crippen LogP contribution in [0, 0.1) is 5.82 Å². The van der Waals surface area contributed by atoms with Crippen LogP contribution in [-0.2, 0) is 14.8 Å². The van der Waals surface area contributed by atoms with Gasteiger partial charge in [0.05, 0.1) is 5.02 Å². The lowest BCUT2D eigenvalue weighted by Gasteiger charge is -2.34. The van der Waals surface area contributed by atoms with Crippen molar-refractivity contribution in [1.29, 1.82) is 0 Å². The zero-order valence-corrected chi connectivity index (χ0v) is 15.9. The summed E-state index contributed by atoms with van der Waals surface area (Å²) in [7, 11) is -3.71. The highest BCUT2D eigenvalue weighted by molar-refractivity contribution is 7.89. The maximum atomic E-state index is 13.1. The number of benzene rings is 2. The van der Waals surface area contributed by atoms with Gasteiger partial charge in [0.1, 0.15) is 16.5 Å². The largest absolute Gasteiger partial charge is 0.484 e. The molecule has 0 aromatic heterocycles. The van der Waals surface area contributed by atoms with Crippen LogP contribution in [0.2, 0.25) is 5.02 Å². The van der Waals surface area contributed by atoms with E-state index in [1.807, 2.05) is 0 Å². The number of amides is 1. The molecular formula is C18H18ClFN2O4S. The van der Waals surface area contributed by atoms with E-state index in [1.54, 1.807) is 18.2 Å². The molecule has 0 radical (unpaired) electrons. The van der Waals surface area contributed by atoms with Gasteiger partial charge < -0.3 is 9.64 Å². The van der Waals surface area contributed by atoms with Gasteiger partial charge in [0.2, 0.25) is 10.0 Å². The van der Waals surface area contributed by atoms with E-state index in [2.05, 4.69) is 0 Å². The zero-order chi connectivity index (χ0) is 19.4. The van der Waals surface area contributed by atoms with Gasteiger partial charge in [-0.05, 0) is 24.3 Å². The van der Waals surface area contributed by atoms with E-state index in [1.165, 1.54) is 39.5 Å². The summed E-state index contributed by atoms with van der Waals surface area (Å²) in [6.45, 7) is 0.587. The van der Waals surface area contributed by atoms with Crippen molar-refractivity contribution in [2.24, 2.45) is 0 Å². The Kier molecular flexibility index (Phi) is 5.98. The number of rotatable bonds is 5. The number of nitrogens with zero attached hydrogens (tertiary/aromatic N) is 2. The summed E-state index contributed by atoms with van der Waals surface area (Å²) in [5.74, 6) is -0.462. The van der Waals surface area contributed by atoms with Gasteiger partial charge in [-0.1, -0.05) is 29.8 Å². The Bertz CT molecular complexity index is 930. The summed E-state index contributed by atoms with van der Waals surface area (Å²) in [6, 6.07) is 11.8. The molecule has 0 unspecified atom stereocenters. The van der Waals surface area contributed by atoms with Crippen LogP contribution >= 0.6 is 11.6 Å². The Morgan fingerprint density at radius 1 is 1.07 bits per heavy atom. The number of hydrogen-bond acceptors (Lipinski definition) is 4. The first kappa shape index (κ1) is 19.6. The Hall–Kier alpha value is -2.16. The Labute approximate surface area is 162 Å². The molecule has 1 saturated heterocycles. The van der Waals surface area contributed by atoms with E-state index in [0.29, 0.717) is 0 Å². The summed E-state index contributed by atoms with van der Waals surface area (Å²) in [6.07, 6.45) is 0. The summed E-state index contributed by atoms with van der Waals surface area (Å²) < 4.78 is 45.1. The van der Waals surface area contributed by atoms with E-state index in [-0.39, 0.29) is 54.4 Å². The standard InChI is InChI=1S/C18H18ClFN2O4S/c19-16-6-1-2-7-17(16)27(24,25)22-10-8-21(9-11-22)18(23)13-26-15-5-3-4-14(20)12-15/h1-7,12H,8-11,13H2. The second-order valence-corrected chi connectivity index (χ2v) is 8.27. The van der Waals surface area contributed by atoms with Gasteiger partial charge in [0.25, 0.3) is 5.91 Å². The molecule has 6 nitrogen and oxygen atoms in total. The van der Waals surface area contributed by atoms with Crippen molar-refractivity contribution in [1.82, 2.24) is 9.21 Å². The molecule has 27 heavy (non-hydrogen) atoms. The van der Waals surface area contributed by atoms with Crippen LogP contribution in [0.1, 0.15) is 0 Å². The second-order valence-electron chi connectivity index (χ2n) is 5.96. The van der Waals surface area contributed by atoms with Crippen LogP contribution in [0.15, 0.2) is 53.4 Å². The second kappa shape index (κ2) is 8.24. The molecule has 0 bridgehead atoms. The molecule has 2 aromatic rings. The molecule has 0 N–H and O–H groups in total. The van der Waals surface area contributed by atoms with Crippen molar-refractivity contribution in [2.75, 3.05) is 32.8 Å². The van der Waals surface area contributed by atoms with Crippen LogP contribution in [0.25, 0.3) is 0 Å². The summed E-state index contributed by atoms with van der Waals surface area (Å²) >= 11 is 6.00. The lowest BCUT2D eigenvalue weighted by molar-refractivity contribution is -0.134. The van der Waals surface area contributed by atoms with E-state index in [0.717, 1.165) is 0 Å². The molecule has 1 heterocycles. The van der Waals surface area contributed by atoms with Crippen LogP contribution in [-0.4, -0.2) is 56.3 Å². The maximum absolute atomic E-state index is 13.1. The fourth-order valence-electron chi connectivity index (χ4n) is 2.76. The molecular weight excluding hydrogens is 395 g/mol. The first-order valence-corrected chi connectivity index (χ1v) is 10.1. The topological polar surface area (TPSA) is 66.9 Å². The number of sulfonamides is 1. The van der Waals surface area contributed by atoms with Gasteiger partial charge in [0, 0.05) is 32.2 Å². The first-order valence-electron chi connectivity index (χ1n) is 8.29. The van der Waals surface area contributed by atoms with Gasteiger partial charge >= 0.3 is 0 Å². The highest BCUT2D eigenvalue weighted by Crippen LogP contribution is 2.25. The molecule has 3 rings (SSSR count). The Balaban J connectivity index is 1.57. The molecule has 1 fully saturated rings. The third kappa shape index (κ3) is 4.58. The number of ether oxygens (including phenoxy) is 1. The number of carbonyl (C=O) groups excluding carboxylic acids is 1. The van der Waals surface area contributed by atoms with Crippen molar-refractivity contribution >= 4 is 27.5 Å². The minimum Gasteiger partial charge on any atom is -0.484 e. The van der Waals surface area contributed by atoms with E-state index < -0.39 is 15.8 Å². The third-order valence-electron chi connectivity index (χ3n) is 4.20. The SMILES string of the molecule is O=C(COc1cccc(F)c1)N1CCN(S(=O)(=O)c2ccccc2Cl)CC1. The van der Waals surface area contributed by atoms with Crippen molar-refractivity contribution in [3.8, 4) is 5.75 Å². The quantitative estimate of drug-likeness (QED) is 0.756. The molecule has 0 aliphatic carbocycles. The van der Waals surface area contributed by atoms with Crippen LogP contribution < -0.4 is 4.74 Å². The average Bonchev–Trinajstić information content (AvgIpc) is 2.66. The predicted molar refractivity (Wildman–Crippen MR) is 98.7 cm³/mol. The fraction of sp³-hybridized carbons (Fsp3) is 0.278. The number of halogens is 2. The molecule has 1 aliphatic rings. The van der Waals surface area contributed by atoms with Gasteiger partial charge in [-0.3, -0.25) is 4.79 Å². The molecule has 9 heteroatoms. The van der Waals surface area contributed by atoms with Gasteiger partial charge in [-0.2, -0.15) is 4.31 Å². The van der Waals surface area contributed by atoms with Gasteiger partial charge in [0.15, 0.2) is 6.61 Å². The normalized spacial score (nSPS) is 15.6. The van der Waals surface area contributed by atoms with E-state index in [9.17, 15) is 17.6 Å². The van der Waals surface area contributed by atoms with Crippen LogP contribution in [0.5, 0.6) is 5.75 Å². The molecule has 144 valence electrons. The molecule has 2 aromatic carbocycles. The predicted octanol–water partition coefficient (Wildman–Crippen LogP) is 2.39. The number of hydrogen-bond donors (Lipinski definition) is 0. The van der Waals surface area contributed by atoms with Gasteiger partial charge in [-0.15, -0.1) is 0 Å². The lowest BCUT2D eigenvalue weighted by atomic mass is 10.3. The number of carbonyl (C=O) groups is 1. The zero-order valence-electron chi connectivity index (χ0n) is 14.3. The molecule has 1 amide bonds. The first-order chi connectivity index (χ1) is 12.9. The summed E-state index contributed by atoms with van der Waals surface area (Å²) in [5, 5.41) is 0.166. The number of piperazine rings is 1. The van der Waals surface area contributed by atoms with Crippen molar-refractivity contribution in [2.45, 2.75) is 4.90 Å². The fourth-order valence-corrected chi connectivity index (χ4v) is 4.68. The minimum atomic E-state index is -3.71. The molecule has 0 saturated carbocycles. The van der Waals surface area contributed by atoms with Crippen molar-refractivity contribution < 1.29 is 22.3 Å². The van der Waals surface area contributed by atoms with Crippen LogP contribution in [0.3, 0.4) is 0 Å². The maximum Gasteiger partial charge on any atom is 0.260 e. The summed E-state index contributed by atoms with van der Waals surface area (Å²) in [4.78, 5) is 13.8. The molecule has 1 aliphatic heterocycles. The lowest BCUT2D eigenvalue weighted by Crippen LogP contribution is -2.51. The van der Waals surface area contributed by atoms with E-state index >= 15 is 0 Å². The van der Waals surface area contributed by atoms with Crippen LogP contribution in [0.4, 0.5) is 4.39 Å². The van der Waals surface area contributed by atoms with Crippen molar-refractivity contribution in [3.63, 3.8) is 0 Å². The highest BCUT2D eigenvalue weighted by atomic mass is 35.5. The monoisotopic (exact) mass is 412 g/mol. The Morgan fingerprint density at radius 2 is 1.78 bits per heavy atom. The molecule has 0 atom stereocenters. The Morgan fingerprint density at radius 3 is 2.44 bits per heavy atom. The molecule has 0 spiro atoms. The highest BCUT2D eigenvalue weighted by Gasteiger charge is 2.31. The minimum absolute atomic E-state index is 0.0564. The van der Waals surface area contributed by atoms with E-state index in [4.69, 9.17) is 16.3 Å². The smallest absolute Gasteiger partial charge is 0.260 e. The van der Waals surface area contributed by atoms with Gasteiger partial charge in [-0.25, -0.2) is 12.8 Å². The summed E-state index contributed by atoms with van der Waals surface area (Å²) in [5.41, 5.74) is 0. The average molecular weight is 413 g/mol. The van der Waals surface area contributed by atoms with Crippen molar-refractivity contribution in [3.05, 3.63) is 59.4 Å². The third-order valence-corrected chi connectivity index (χ3v) is 6.60.